The van der Waals surface area contributed by atoms with Crippen molar-refractivity contribution in [2.45, 2.75) is 40.5 Å². The zero-order chi connectivity index (χ0) is 19.4. The SMILES string of the molecule is CCN(CC(C)C#N)C(=O)CCc1c(C)nc2c(C(N)=O)cnn2c1C. The lowest BCUT2D eigenvalue weighted by molar-refractivity contribution is -0.131. The molecule has 0 saturated heterocycles. The molecule has 2 aromatic heterocycles. The second-order valence-electron chi connectivity index (χ2n) is 6.38. The number of hydrogen-bond acceptors (Lipinski definition) is 5. The average molecular weight is 356 g/mol. The average Bonchev–Trinajstić information content (AvgIpc) is 3.02. The van der Waals surface area contributed by atoms with Crippen molar-refractivity contribution >= 4 is 17.5 Å². The maximum atomic E-state index is 12.5. The van der Waals surface area contributed by atoms with Crippen LogP contribution in [0, 0.1) is 31.1 Å². The number of rotatable bonds is 7. The lowest BCUT2D eigenvalue weighted by Crippen LogP contribution is -2.34. The van der Waals surface area contributed by atoms with E-state index in [2.05, 4.69) is 16.2 Å². The van der Waals surface area contributed by atoms with Crippen molar-refractivity contribution in [3.05, 3.63) is 28.7 Å². The maximum Gasteiger partial charge on any atom is 0.254 e. The predicted molar refractivity (Wildman–Crippen MR) is 96.3 cm³/mol. The number of carbonyl (C=O) groups is 2. The Hall–Kier alpha value is -2.95. The zero-order valence-electron chi connectivity index (χ0n) is 15.6. The van der Waals surface area contributed by atoms with Crippen LogP contribution in [-0.2, 0) is 11.2 Å². The molecule has 2 aromatic rings. The summed E-state index contributed by atoms with van der Waals surface area (Å²) in [7, 11) is 0. The van der Waals surface area contributed by atoms with Crippen LogP contribution in [0.1, 0.15) is 47.6 Å². The van der Waals surface area contributed by atoms with Crippen LogP contribution < -0.4 is 5.73 Å². The highest BCUT2D eigenvalue weighted by Crippen LogP contribution is 2.19. The second-order valence-corrected chi connectivity index (χ2v) is 6.38. The molecule has 8 nitrogen and oxygen atoms in total. The predicted octanol–water partition coefficient (Wildman–Crippen LogP) is 1.39. The van der Waals surface area contributed by atoms with Gasteiger partial charge in [-0.25, -0.2) is 9.50 Å². The van der Waals surface area contributed by atoms with Gasteiger partial charge in [0.05, 0.1) is 18.2 Å². The molecule has 0 aliphatic heterocycles. The van der Waals surface area contributed by atoms with Gasteiger partial charge in [-0.05, 0) is 39.7 Å². The Kier molecular flexibility index (Phi) is 5.93. The van der Waals surface area contributed by atoms with Gasteiger partial charge in [-0.15, -0.1) is 0 Å². The molecule has 1 unspecified atom stereocenters. The van der Waals surface area contributed by atoms with Gasteiger partial charge in [-0.2, -0.15) is 10.4 Å². The molecule has 2 rings (SSSR count). The van der Waals surface area contributed by atoms with Gasteiger partial charge in [-0.3, -0.25) is 9.59 Å². The van der Waals surface area contributed by atoms with Gasteiger partial charge in [0.1, 0.15) is 5.56 Å². The molecule has 0 bridgehead atoms. The number of amides is 2. The molecule has 26 heavy (non-hydrogen) atoms. The highest BCUT2D eigenvalue weighted by molar-refractivity contribution is 5.98. The molecule has 0 fully saturated rings. The number of hydrogen-bond donors (Lipinski definition) is 1. The van der Waals surface area contributed by atoms with Crippen LogP contribution in [0.2, 0.25) is 0 Å². The number of primary amides is 1. The van der Waals surface area contributed by atoms with Crippen molar-refractivity contribution < 1.29 is 9.59 Å². The topological polar surface area (TPSA) is 117 Å². The molecular weight excluding hydrogens is 332 g/mol. The molecule has 0 saturated carbocycles. The summed E-state index contributed by atoms with van der Waals surface area (Å²) in [5, 5.41) is 13.1. The van der Waals surface area contributed by atoms with Crippen molar-refractivity contribution in [1.82, 2.24) is 19.5 Å². The van der Waals surface area contributed by atoms with E-state index >= 15 is 0 Å². The van der Waals surface area contributed by atoms with Crippen molar-refractivity contribution in [3.8, 4) is 6.07 Å². The van der Waals surface area contributed by atoms with Crippen LogP contribution in [-0.4, -0.2) is 44.4 Å². The standard InChI is InChI=1S/C18H24N6O2/c1-5-23(10-11(2)8-19)16(25)7-6-14-12(3)22-18-15(17(20)26)9-21-24(18)13(14)4/h9,11H,5-7,10H2,1-4H3,(H2,20,26). The Balaban J connectivity index is 2.22. The minimum absolute atomic E-state index is 0.00628. The normalized spacial score (nSPS) is 12.0. The molecule has 0 aliphatic carbocycles. The molecule has 138 valence electrons. The van der Waals surface area contributed by atoms with Gasteiger partial charge >= 0.3 is 0 Å². The summed E-state index contributed by atoms with van der Waals surface area (Å²) in [6.45, 7) is 8.44. The third-order valence-electron chi connectivity index (χ3n) is 4.51. The van der Waals surface area contributed by atoms with Crippen molar-refractivity contribution in [3.63, 3.8) is 0 Å². The molecular formula is C18H24N6O2. The van der Waals surface area contributed by atoms with Crippen LogP contribution in [0.4, 0.5) is 0 Å². The van der Waals surface area contributed by atoms with Crippen molar-refractivity contribution in [2.75, 3.05) is 13.1 Å². The fourth-order valence-corrected chi connectivity index (χ4v) is 3.02. The first-order chi connectivity index (χ1) is 12.3. The van der Waals surface area contributed by atoms with E-state index in [0.29, 0.717) is 31.6 Å². The van der Waals surface area contributed by atoms with Crippen LogP contribution in [0.25, 0.3) is 5.65 Å². The van der Waals surface area contributed by atoms with E-state index in [4.69, 9.17) is 11.0 Å². The fourth-order valence-electron chi connectivity index (χ4n) is 3.02. The Morgan fingerprint density at radius 3 is 2.69 bits per heavy atom. The van der Waals surface area contributed by atoms with Crippen LogP contribution in [0.5, 0.6) is 0 Å². The molecule has 0 aromatic carbocycles. The van der Waals surface area contributed by atoms with Crippen LogP contribution in [0.15, 0.2) is 6.20 Å². The first-order valence-electron chi connectivity index (χ1n) is 8.61. The summed E-state index contributed by atoms with van der Waals surface area (Å²) in [5.74, 6) is -0.761. The number of aryl methyl sites for hydroxylation is 2. The molecule has 2 heterocycles. The number of nitrogens with zero attached hydrogens (tertiary/aromatic N) is 5. The van der Waals surface area contributed by atoms with Gasteiger partial charge in [-0.1, -0.05) is 0 Å². The Labute approximate surface area is 152 Å². The molecule has 0 aliphatic rings. The minimum atomic E-state index is -0.570. The number of fused-ring (bicyclic) bond motifs is 1. The van der Waals surface area contributed by atoms with E-state index in [9.17, 15) is 9.59 Å². The second kappa shape index (κ2) is 7.95. The zero-order valence-corrected chi connectivity index (χ0v) is 15.6. The Morgan fingerprint density at radius 1 is 1.42 bits per heavy atom. The van der Waals surface area contributed by atoms with Gasteiger partial charge < -0.3 is 10.6 Å². The summed E-state index contributed by atoms with van der Waals surface area (Å²) < 4.78 is 1.59. The van der Waals surface area contributed by atoms with Crippen LogP contribution >= 0.6 is 0 Å². The summed E-state index contributed by atoms with van der Waals surface area (Å²) in [4.78, 5) is 30.1. The molecule has 0 spiro atoms. The largest absolute Gasteiger partial charge is 0.365 e. The van der Waals surface area contributed by atoms with E-state index in [-0.39, 0.29) is 17.4 Å². The van der Waals surface area contributed by atoms with E-state index in [0.717, 1.165) is 17.0 Å². The first kappa shape index (κ1) is 19.4. The number of aromatic nitrogens is 3. The molecule has 1 atom stereocenters. The Morgan fingerprint density at radius 2 is 2.12 bits per heavy atom. The third kappa shape index (κ3) is 3.82. The first-order valence-corrected chi connectivity index (χ1v) is 8.61. The van der Waals surface area contributed by atoms with Gasteiger partial charge in [0, 0.05) is 30.9 Å². The third-order valence-corrected chi connectivity index (χ3v) is 4.51. The van der Waals surface area contributed by atoms with E-state index in [1.54, 1.807) is 16.3 Å². The Bertz CT molecular complexity index is 880. The summed E-state index contributed by atoms with van der Waals surface area (Å²) in [6.07, 6.45) is 2.25. The lowest BCUT2D eigenvalue weighted by atomic mass is 10.1. The number of nitrogens with two attached hydrogens (primary N) is 1. The molecule has 2 amide bonds. The number of nitriles is 1. The smallest absolute Gasteiger partial charge is 0.254 e. The molecule has 8 heteroatoms. The van der Waals surface area contributed by atoms with Gasteiger partial charge in [0.15, 0.2) is 5.65 Å². The van der Waals surface area contributed by atoms with Crippen molar-refractivity contribution in [2.24, 2.45) is 11.7 Å². The summed E-state index contributed by atoms with van der Waals surface area (Å²) in [5.41, 5.74) is 8.57. The van der Waals surface area contributed by atoms with Crippen LogP contribution in [0.3, 0.4) is 0 Å². The van der Waals surface area contributed by atoms with Crippen molar-refractivity contribution in [1.29, 1.82) is 5.26 Å². The highest BCUT2D eigenvalue weighted by Gasteiger charge is 2.19. The monoisotopic (exact) mass is 356 g/mol. The lowest BCUT2D eigenvalue weighted by Gasteiger charge is -2.22. The molecule has 0 radical (unpaired) electrons. The van der Waals surface area contributed by atoms with E-state index < -0.39 is 5.91 Å². The maximum absolute atomic E-state index is 12.5. The number of carbonyl (C=O) groups excluding carboxylic acids is 2. The fraction of sp³-hybridized carbons (Fsp3) is 0.500. The summed E-state index contributed by atoms with van der Waals surface area (Å²) >= 11 is 0. The van der Waals surface area contributed by atoms with Gasteiger partial charge in [0.2, 0.25) is 5.91 Å². The molecule has 2 N–H and O–H groups in total. The van der Waals surface area contributed by atoms with E-state index in [1.807, 2.05) is 20.8 Å². The highest BCUT2D eigenvalue weighted by atomic mass is 16.2. The minimum Gasteiger partial charge on any atom is -0.365 e. The quantitative estimate of drug-likeness (QED) is 0.804. The van der Waals surface area contributed by atoms with Gasteiger partial charge in [0.25, 0.3) is 5.91 Å². The van der Waals surface area contributed by atoms with E-state index in [1.165, 1.54) is 6.20 Å². The summed E-state index contributed by atoms with van der Waals surface area (Å²) in [6, 6.07) is 2.15.